The largest absolute Gasteiger partial charge is 0.508 e. The van der Waals surface area contributed by atoms with Crippen LogP contribution in [0, 0.1) is 0 Å². The normalized spacial score (nSPS) is 12.6. The molecule has 0 fully saturated rings. The van der Waals surface area contributed by atoms with Gasteiger partial charge in [0.05, 0.1) is 11.3 Å². The van der Waals surface area contributed by atoms with Gasteiger partial charge in [0.1, 0.15) is 5.76 Å². The van der Waals surface area contributed by atoms with Crippen LogP contribution in [-0.2, 0) is 0 Å². The summed E-state index contributed by atoms with van der Waals surface area (Å²) in [5, 5.41) is 21.9. The van der Waals surface area contributed by atoms with Crippen molar-refractivity contribution in [3.63, 3.8) is 0 Å². The van der Waals surface area contributed by atoms with Crippen molar-refractivity contribution in [2.24, 2.45) is 0 Å². The first-order valence-corrected chi connectivity index (χ1v) is 9.10. The molecule has 2 aromatic carbocycles. The standard InChI is InChI=1S/C20H19N3OS/c1-4-9-16(18(24)5-2)19-21-22-20(25-3)23(19)17-13-8-11-14-10-6-7-12-15(14)17/h4-13,24H,1H2,2-3H3/b16-9+,18-5+. The van der Waals surface area contributed by atoms with Crippen molar-refractivity contribution in [2.75, 3.05) is 6.26 Å². The van der Waals surface area contributed by atoms with E-state index in [9.17, 15) is 5.11 Å². The predicted octanol–water partition coefficient (Wildman–Crippen LogP) is 5.17. The van der Waals surface area contributed by atoms with E-state index in [0.717, 1.165) is 21.6 Å². The van der Waals surface area contributed by atoms with E-state index in [2.05, 4.69) is 35.0 Å². The summed E-state index contributed by atoms with van der Waals surface area (Å²) in [6.07, 6.45) is 6.97. The number of nitrogens with zero attached hydrogens (tertiary/aromatic N) is 3. The Morgan fingerprint density at radius 3 is 2.64 bits per heavy atom. The average molecular weight is 349 g/mol. The minimum Gasteiger partial charge on any atom is -0.508 e. The van der Waals surface area contributed by atoms with Crippen LogP contribution in [0.4, 0.5) is 0 Å². The third-order valence-electron chi connectivity index (χ3n) is 3.90. The van der Waals surface area contributed by atoms with Crippen molar-refractivity contribution >= 4 is 28.1 Å². The number of aromatic nitrogens is 3. The van der Waals surface area contributed by atoms with Gasteiger partial charge in [-0.15, -0.1) is 10.2 Å². The monoisotopic (exact) mass is 349 g/mol. The molecule has 0 radical (unpaired) electrons. The molecule has 0 aliphatic carbocycles. The molecule has 3 rings (SSSR count). The van der Waals surface area contributed by atoms with E-state index in [1.165, 1.54) is 11.8 Å². The van der Waals surface area contributed by atoms with Gasteiger partial charge in [-0.2, -0.15) is 0 Å². The van der Waals surface area contributed by atoms with Gasteiger partial charge < -0.3 is 5.11 Å². The fourth-order valence-corrected chi connectivity index (χ4v) is 3.23. The average Bonchev–Trinajstić information content (AvgIpc) is 3.08. The number of hydrogen-bond donors (Lipinski definition) is 1. The molecule has 0 saturated heterocycles. The lowest BCUT2D eigenvalue weighted by atomic mass is 10.1. The van der Waals surface area contributed by atoms with Crippen LogP contribution in [0.3, 0.4) is 0 Å². The number of benzene rings is 2. The summed E-state index contributed by atoms with van der Waals surface area (Å²) in [6, 6.07) is 14.3. The Balaban J connectivity index is 2.34. The van der Waals surface area contributed by atoms with Crippen LogP contribution in [0.25, 0.3) is 22.0 Å². The summed E-state index contributed by atoms with van der Waals surface area (Å²) >= 11 is 1.51. The molecule has 0 unspecified atom stereocenters. The number of allylic oxidation sites excluding steroid dienone is 4. The molecule has 5 heteroatoms. The number of hydrogen-bond acceptors (Lipinski definition) is 4. The molecule has 0 spiro atoms. The van der Waals surface area contributed by atoms with Crippen LogP contribution in [0.5, 0.6) is 0 Å². The smallest absolute Gasteiger partial charge is 0.195 e. The fourth-order valence-electron chi connectivity index (χ4n) is 2.74. The second-order valence-corrected chi connectivity index (χ2v) is 6.11. The van der Waals surface area contributed by atoms with E-state index in [1.54, 1.807) is 25.2 Å². The summed E-state index contributed by atoms with van der Waals surface area (Å²) in [5.41, 5.74) is 1.56. The lowest BCUT2D eigenvalue weighted by Gasteiger charge is -2.13. The number of thioether (sulfide) groups is 1. The second-order valence-electron chi connectivity index (χ2n) is 5.33. The summed E-state index contributed by atoms with van der Waals surface area (Å²) in [6.45, 7) is 5.52. The second kappa shape index (κ2) is 7.40. The molecule has 0 saturated carbocycles. The Kier molecular flexibility index (Phi) is 5.05. The molecular weight excluding hydrogens is 330 g/mol. The van der Waals surface area contributed by atoms with Crippen LogP contribution in [0.2, 0.25) is 0 Å². The first-order valence-electron chi connectivity index (χ1n) is 7.87. The van der Waals surface area contributed by atoms with Crippen LogP contribution >= 0.6 is 11.8 Å². The van der Waals surface area contributed by atoms with E-state index in [4.69, 9.17) is 0 Å². The van der Waals surface area contributed by atoms with Gasteiger partial charge in [0.2, 0.25) is 0 Å². The highest BCUT2D eigenvalue weighted by atomic mass is 32.2. The lowest BCUT2D eigenvalue weighted by molar-refractivity contribution is 0.435. The minimum atomic E-state index is 0.140. The number of rotatable bonds is 5. The molecule has 0 aliphatic rings. The fraction of sp³-hybridized carbons (Fsp3) is 0.100. The van der Waals surface area contributed by atoms with E-state index < -0.39 is 0 Å². The van der Waals surface area contributed by atoms with E-state index in [-0.39, 0.29) is 5.76 Å². The van der Waals surface area contributed by atoms with Gasteiger partial charge in [0, 0.05) is 5.39 Å². The quantitative estimate of drug-likeness (QED) is 0.392. The molecule has 1 heterocycles. The third-order valence-corrected chi connectivity index (χ3v) is 4.53. The Hall–Kier alpha value is -2.79. The summed E-state index contributed by atoms with van der Waals surface area (Å²) in [5.74, 6) is 0.720. The zero-order valence-corrected chi connectivity index (χ0v) is 15.0. The maximum absolute atomic E-state index is 10.3. The molecule has 3 aromatic rings. The Morgan fingerprint density at radius 2 is 1.92 bits per heavy atom. The lowest BCUT2D eigenvalue weighted by Crippen LogP contribution is -2.04. The highest BCUT2D eigenvalue weighted by molar-refractivity contribution is 7.98. The maximum Gasteiger partial charge on any atom is 0.195 e. The Labute approximate surface area is 151 Å². The van der Waals surface area contributed by atoms with Crippen molar-refractivity contribution in [3.8, 4) is 5.69 Å². The summed E-state index contributed by atoms with van der Waals surface area (Å²) in [7, 11) is 0. The van der Waals surface area contributed by atoms with Gasteiger partial charge in [0.25, 0.3) is 0 Å². The topological polar surface area (TPSA) is 50.9 Å². The van der Waals surface area contributed by atoms with Crippen LogP contribution < -0.4 is 0 Å². The minimum absolute atomic E-state index is 0.140. The number of aliphatic hydroxyl groups excluding tert-OH is 1. The van der Waals surface area contributed by atoms with Gasteiger partial charge in [-0.1, -0.05) is 60.8 Å². The van der Waals surface area contributed by atoms with E-state index in [0.29, 0.717) is 11.4 Å². The highest BCUT2D eigenvalue weighted by Gasteiger charge is 2.20. The van der Waals surface area contributed by atoms with Crippen molar-refractivity contribution in [2.45, 2.75) is 12.1 Å². The first-order chi connectivity index (χ1) is 12.2. The molecule has 0 atom stereocenters. The van der Waals surface area contributed by atoms with Crippen LogP contribution in [0.15, 0.2) is 78.2 Å². The van der Waals surface area contributed by atoms with Gasteiger partial charge in [-0.3, -0.25) is 4.57 Å². The van der Waals surface area contributed by atoms with Crippen molar-refractivity contribution < 1.29 is 5.11 Å². The molecule has 126 valence electrons. The van der Waals surface area contributed by atoms with Gasteiger partial charge in [-0.05, 0) is 36.8 Å². The van der Waals surface area contributed by atoms with Gasteiger partial charge in [0.15, 0.2) is 11.0 Å². The molecule has 0 amide bonds. The zero-order valence-electron chi connectivity index (χ0n) is 14.2. The highest BCUT2D eigenvalue weighted by Crippen LogP contribution is 2.31. The molecular formula is C20H19N3OS. The van der Waals surface area contributed by atoms with Crippen molar-refractivity contribution in [1.29, 1.82) is 0 Å². The third kappa shape index (κ3) is 3.10. The number of aliphatic hydroxyl groups is 1. The predicted molar refractivity (Wildman–Crippen MR) is 105 cm³/mol. The molecule has 25 heavy (non-hydrogen) atoms. The van der Waals surface area contributed by atoms with Crippen LogP contribution in [0.1, 0.15) is 12.7 Å². The van der Waals surface area contributed by atoms with E-state index in [1.807, 2.05) is 35.1 Å². The first kappa shape index (κ1) is 17.0. The summed E-state index contributed by atoms with van der Waals surface area (Å²) < 4.78 is 1.97. The summed E-state index contributed by atoms with van der Waals surface area (Å²) in [4.78, 5) is 0. The number of fused-ring (bicyclic) bond motifs is 1. The molecule has 4 nitrogen and oxygen atoms in total. The molecule has 1 aromatic heterocycles. The molecule has 0 aliphatic heterocycles. The Morgan fingerprint density at radius 1 is 1.16 bits per heavy atom. The van der Waals surface area contributed by atoms with E-state index >= 15 is 0 Å². The van der Waals surface area contributed by atoms with Gasteiger partial charge >= 0.3 is 0 Å². The van der Waals surface area contributed by atoms with Gasteiger partial charge in [-0.25, -0.2) is 0 Å². The molecule has 1 N–H and O–H groups in total. The van der Waals surface area contributed by atoms with Crippen molar-refractivity contribution in [3.05, 3.63) is 78.9 Å². The Bertz CT molecular complexity index is 980. The van der Waals surface area contributed by atoms with Crippen LogP contribution in [-0.4, -0.2) is 26.1 Å². The SMILES string of the molecule is C=C/C=C(\C(O)=C/C)c1nnc(SC)n1-c1cccc2ccccc12. The maximum atomic E-state index is 10.3. The molecule has 0 bridgehead atoms. The zero-order chi connectivity index (χ0) is 17.8. The van der Waals surface area contributed by atoms with Crippen molar-refractivity contribution in [1.82, 2.24) is 14.8 Å².